The largest absolute Gasteiger partial charge is 0.378 e. The zero-order valence-corrected chi connectivity index (χ0v) is 15.4. The number of aryl methyl sites for hydroxylation is 1. The number of aromatic amines is 1. The van der Waals surface area contributed by atoms with Crippen LogP contribution in [0.25, 0.3) is 0 Å². The molecule has 25 heavy (non-hydrogen) atoms. The first-order valence-corrected chi connectivity index (χ1v) is 9.78. The molecular formula is C18H24N4O2S. The Morgan fingerprint density at radius 2 is 2.04 bits per heavy atom. The van der Waals surface area contributed by atoms with E-state index in [-0.39, 0.29) is 5.56 Å². The number of ether oxygens (including phenoxy) is 1. The van der Waals surface area contributed by atoms with Crippen molar-refractivity contribution in [3.05, 3.63) is 43.5 Å². The van der Waals surface area contributed by atoms with E-state index in [1.807, 2.05) is 0 Å². The van der Waals surface area contributed by atoms with Gasteiger partial charge < -0.3 is 9.64 Å². The van der Waals surface area contributed by atoms with E-state index in [1.54, 1.807) is 11.3 Å². The lowest BCUT2D eigenvalue weighted by Crippen LogP contribution is -2.38. The van der Waals surface area contributed by atoms with Crippen molar-refractivity contribution in [1.29, 1.82) is 0 Å². The Hall–Kier alpha value is -1.70. The molecular weight excluding hydrogens is 336 g/mol. The van der Waals surface area contributed by atoms with Crippen LogP contribution in [-0.4, -0.2) is 54.3 Å². The van der Waals surface area contributed by atoms with Crippen LogP contribution in [0.2, 0.25) is 0 Å². The SMILES string of the molecule is Cc1cc(CN2CCc3nc(N4CCOCC4)[nH]c(=O)c3CC2)cs1. The number of nitrogens with zero attached hydrogens (tertiary/aromatic N) is 3. The highest BCUT2D eigenvalue weighted by Crippen LogP contribution is 2.19. The lowest BCUT2D eigenvalue weighted by atomic mass is 10.1. The number of anilines is 1. The van der Waals surface area contributed by atoms with Crippen molar-refractivity contribution < 1.29 is 4.74 Å². The predicted octanol–water partition coefficient (Wildman–Crippen LogP) is 1.58. The number of hydrogen-bond donors (Lipinski definition) is 1. The van der Waals surface area contributed by atoms with E-state index in [1.165, 1.54) is 10.4 Å². The van der Waals surface area contributed by atoms with Gasteiger partial charge in [-0.15, -0.1) is 11.3 Å². The maximum atomic E-state index is 12.6. The summed E-state index contributed by atoms with van der Waals surface area (Å²) in [6, 6.07) is 2.25. The van der Waals surface area contributed by atoms with Gasteiger partial charge in [0.2, 0.25) is 5.95 Å². The summed E-state index contributed by atoms with van der Waals surface area (Å²) in [4.78, 5) is 26.2. The lowest BCUT2D eigenvalue weighted by molar-refractivity contribution is 0.122. The Labute approximate surface area is 151 Å². The lowest BCUT2D eigenvalue weighted by Gasteiger charge is -2.27. The van der Waals surface area contributed by atoms with E-state index < -0.39 is 0 Å². The average molecular weight is 360 g/mol. The van der Waals surface area contributed by atoms with Crippen LogP contribution in [0.5, 0.6) is 0 Å². The van der Waals surface area contributed by atoms with Crippen molar-refractivity contribution in [3.8, 4) is 0 Å². The van der Waals surface area contributed by atoms with E-state index in [9.17, 15) is 4.79 Å². The van der Waals surface area contributed by atoms with Gasteiger partial charge in [0.1, 0.15) is 0 Å². The van der Waals surface area contributed by atoms with Gasteiger partial charge in [-0.3, -0.25) is 14.7 Å². The zero-order chi connectivity index (χ0) is 17.2. The van der Waals surface area contributed by atoms with Crippen molar-refractivity contribution in [1.82, 2.24) is 14.9 Å². The molecule has 0 spiro atoms. The average Bonchev–Trinajstić information content (AvgIpc) is 2.91. The minimum Gasteiger partial charge on any atom is -0.378 e. The van der Waals surface area contributed by atoms with Gasteiger partial charge in [-0.05, 0) is 30.4 Å². The Kier molecular flexibility index (Phi) is 4.87. The first-order chi connectivity index (χ1) is 12.2. The van der Waals surface area contributed by atoms with Crippen LogP contribution in [0.3, 0.4) is 0 Å². The van der Waals surface area contributed by atoms with Gasteiger partial charge in [0.25, 0.3) is 5.56 Å². The molecule has 0 radical (unpaired) electrons. The fourth-order valence-electron chi connectivity index (χ4n) is 3.56. The summed E-state index contributed by atoms with van der Waals surface area (Å²) in [5, 5.41) is 2.23. The minimum absolute atomic E-state index is 0.0275. The van der Waals surface area contributed by atoms with Gasteiger partial charge in [0, 0.05) is 49.6 Å². The summed E-state index contributed by atoms with van der Waals surface area (Å²) in [7, 11) is 0. The summed E-state index contributed by atoms with van der Waals surface area (Å²) in [5.74, 6) is 0.703. The van der Waals surface area contributed by atoms with Crippen LogP contribution in [0.1, 0.15) is 21.7 Å². The number of fused-ring (bicyclic) bond motifs is 1. The van der Waals surface area contributed by atoms with Gasteiger partial charge in [-0.1, -0.05) is 0 Å². The van der Waals surface area contributed by atoms with E-state index in [2.05, 4.69) is 33.2 Å². The van der Waals surface area contributed by atoms with Crippen LogP contribution in [0, 0.1) is 6.92 Å². The summed E-state index contributed by atoms with van der Waals surface area (Å²) in [6.45, 7) is 7.89. The molecule has 1 saturated heterocycles. The maximum absolute atomic E-state index is 12.6. The highest BCUT2D eigenvalue weighted by atomic mass is 32.1. The number of morpholine rings is 1. The third-order valence-corrected chi connectivity index (χ3v) is 5.84. The van der Waals surface area contributed by atoms with E-state index in [0.29, 0.717) is 19.2 Å². The number of hydrogen-bond acceptors (Lipinski definition) is 6. The molecule has 0 unspecified atom stereocenters. The molecule has 0 saturated carbocycles. The molecule has 4 heterocycles. The van der Waals surface area contributed by atoms with Crippen molar-refractivity contribution in [3.63, 3.8) is 0 Å². The molecule has 2 aromatic rings. The highest BCUT2D eigenvalue weighted by Gasteiger charge is 2.21. The minimum atomic E-state index is 0.0275. The fraction of sp³-hybridized carbons (Fsp3) is 0.556. The molecule has 7 heteroatoms. The van der Waals surface area contributed by atoms with Crippen molar-refractivity contribution >= 4 is 17.3 Å². The van der Waals surface area contributed by atoms with Gasteiger partial charge in [-0.2, -0.15) is 0 Å². The molecule has 6 nitrogen and oxygen atoms in total. The van der Waals surface area contributed by atoms with E-state index in [0.717, 1.165) is 56.8 Å². The second-order valence-electron chi connectivity index (χ2n) is 6.76. The topological polar surface area (TPSA) is 61.5 Å². The van der Waals surface area contributed by atoms with Gasteiger partial charge in [0.15, 0.2) is 0 Å². The molecule has 0 aromatic carbocycles. The summed E-state index contributed by atoms with van der Waals surface area (Å²) in [6.07, 6.45) is 1.60. The molecule has 0 bridgehead atoms. The molecule has 134 valence electrons. The Morgan fingerprint density at radius 3 is 2.80 bits per heavy atom. The van der Waals surface area contributed by atoms with E-state index >= 15 is 0 Å². The summed E-state index contributed by atoms with van der Waals surface area (Å²) < 4.78 is 5.39. The molecule has 4 rings (SSSR count). The van der Waals surface area contributed by atoms with Crippen molar-refractivity contribution in [2.45, 2.75) is 26.3 Å². The Morgan fingerprint density at radius 1 is 1.24 bits per heavy atom. The van der Waals surface area contributed by atoms with Crippen molar-refractivity contribution in [2.75, 3.05) is 44.3 Å². The first-order valence-electron chi connectivity index (χ1n) is 8.90. The Balaban J connectivity index is 1.50. The van der Waals surface area contributed by atoms with Gasteiger partial charge >= 0.3 is 0 Å². The number of rotatable bonds is 3. The summed E-state index contributed by atoms with van der Waals surface area (Å²) >= 11 is 1.80. The third-order valence-electron chi connectivity index (χ3n) is 4.93. The van der Waals surface area contributed by atoms with Crippen LogP contribution >= 0.6 is 11.3 Å². The smallest absolute Gasteiger partial charge is 0.255 e. The van der Waals surface area contributed by atoms with Crippen LogP contribution in [-0.2, 0) is 24.1 Å². The van der Waals surface area contributed by atoms with Gasteiger partial charge in [0.05, 0.1) is 18.9 Å². The zero-order valence-electron chi connectivity index (χ0n) is 14.6. The first kappa shape index (κ1) is 16.8. The van der Waals surface area contributed by atoms with Crippen LogP contribution in [0.4, 0.5) is 5.95 Å². The number of aromatic nitrogens is 2. The normalized spacial score (nSPS) is 18.8. The quantitative estimate of drug-likeness (QED) is 0.900. The second-order valence-corrected chi connectivity index (χ2v) is 7.87. The molecule has 1 N–H and O–H groups in total. The molecule has 0 amide bonds. The van der Waals surface area contributed by atoms with Crippen LogP contribution < -0.4 is 10.5 Å². The van der Waals surface area contributed by atoms with Gasteiger partial charge in [-0.25, -0.2) is 4.98 Å². The molecule has 1 fully saturated rings. The monoisotopic (exact) mass is 360 g/mol. The predicted molar refractivity (Wildman–Crippen MR) is 99.6 cm³/mol. The second kappa shape index (κ2) is 7.27. The maximum Gasteiger partial charge on any atom is 0.255 e. The molecule has 2 aliphatic rings. The Bertz CT molecular complexity index is 795. The molecule has 2 aliphatic heterocycles. The molecule has 0 aliphatic carbocycles. The molecule has 2 aromatic heterocycles. The highest BCUT2D eigenvalue weighted by molar-refractivity contribution is 7.10. The molecule has 0 atom stereocenters. The number of thiophene rings is 1. The summed E-state index contributed by atoms with van der Waals surface area (Å²) in [5.41, 5.74) is 3.22. The number of H-pyrrole nitrogens is 1. The number of nitrogens with one attached hydrogen (secondary N) is 1. The standard InChI is InChI=1S/C18H24N4O2S/c1-13-10-14(12-25-13)11-21-4-2-15-16(3-5-21)19-18(20-17(15)23)22-6-8-24-9-7-22/h10,12H,2-9,11H2,1H3,(H,19,20,23). The van der Waals surface area contributed by atoms with E-state index in [4.69, 9.17) is 9.72 Å². The van der Waals surface area contributed by atoms with Crippen molar-refractivity contribution in [2.24, 2.45) is 0 Å². The third kappa shape index (κ3) is 3.78. The van der Waals surface area contributed by atoms with Crippen LogP contribution in [0.15, 0.2) is 16.2 Å². The fourth-order valence-corrected chi connectivity index (χ4v) is 4.26.